The number of nitrogens with one attached hydrogen (secondary N) is 1. The Labute approximate surface area is 73.1 Å². The maximum absolute atomic E-state index is 11.6. The SMILES string of the molecule is CC1NCC2CCCCN2C1=O. The third-order valence-corrected chi connectivity index (χ3v) is 2.94. The lowest BCUT2D eigenvalue weighted by atomic mass is 9.98. The Morgan fingerprint density at radius 2 is 2.33 bits per heavy atom. The van der Waals surface area contributed by atoms with Gasteiger partial charge in [0.25, 0.3) is 0 Å². The van der Waals surface area contributed by atoms with E-state index in [1.54, 1.807) is 0 Å². The molecule has 0 aromatic carbocycles. The molecule has 0 spiro atoms. The van der Waals surface area contributed by atoms with Crippen molar-refractivity contribution in [2.24, 2.45) is 0 Å². The molecule has 0 aromatic rings. The molecular formula is C9H16N2O. The molecule has 3 nitrogen and oxygen atoms in total. The summed E-state index contributed by atoms with van der Waals surface area (Å²) in [5.41, 5.74) is 0. The molecule has 0 aromatic heterocycles. The number of hydrogen-bond acceptors (Lipinski definition) is 2. The quantitative estimate of drug-likeness (QED) is 0.566. The fourth-order valence-corrected chi connectivity index (χ4v) is 2.15. The van der Waals surface area contributed by atoms with Crippen LogP contribution >= 0.6 is 0 Å². The second kappa shape index (κ2) is 3.05. The van der Waals surface area contributed by atoms with Crippen LogP contribution in [-0.2, 0) is 4.79 Å². The van der Waals surface area contributed by atoms with E-state index >= 15 is 0 Å². The van der Waals surface area contributed by atoms with Gasteiger partial charge in [-0.3, -0.25) is 4.79 Å². The largest absolute Gasteiger partial charge is 0.337 e. The molecule has 0 radical (unpaired) electrons. The minimum atomic E-state index is 0.0411. The van der Waals surface area contributed by atoms with E-state index in [1.807, 2.05) is 6.92 Å². The van der Waals surface area contributed by atoms with Crippen molar-refractivity contribution in [3.05, 3.63) is 0 Å². The maximum Gasteiger partial charge on any atom is 0.239 e. The molecule has 2 aliphatic heterocycles. The molecule has 2 fully saturated rings. The molecular weight excluding hydrogens is 152 g/mol. The van der Waals surface area contributed by atoms with Gasteiger partial charge < -0.3 is 10.2 Å². The highest BCUT2D eigenvalue weighted by molar-refractivity contribution is 5.82. The molecule has 2 rings (SSSR count). The van der Waals surface area contributed by atoms with Gasteiger partial charge in [-0.2, -0.15) is 0 Å². The fraction of sp³-hybridized carbons (Fsp3) is 0.889. The Bertz CT molecular complexity index is 193. The fourth-order valence-electron chi connectivity index (χ4n) is 2.15. The Balaban J connectivity index is 2.08. The van der Waals surface area contributed by atoms with E-state index in [1.165, 1.54) is 19.3 Å². The van der Waals surface area contributed by atoms with Crippen molar-refractivity contribution in [1.29, 1.82) is 0 Å². The van der Waals surface area contributed by atoms with Crippen LogP contribution in [-0.4, -0.2) is 36.0 Å². The molecule has 3 heteroatoms. The number of piperidine rings is 1. The van der Waals surface area contributed by atoms with Crippen molar-refractivity contribution in [1.82, 2.24) is 10.2 Å². The first kappa shape index (κ1) is 8.05. The lowest BCUT2D eigenvalue weighted by Gasteiger charge is -2.41. The van der Waals surface area contributed by atoms with Crippen molar-refractivity contribution in [3.8, 4) is 0 Å². The standard InChI is InChI=1S/C9H16N2O/c1-7-9(12)11-5-3-2-4-8(11)6-10-7/h7-8,10H,2-6H2,1H3. The molecule has 0 aliphatic carbocycles. The summed E-state index contributed by atoms with van der Waals surface area (Å²) < 4.78 is 0. The summed E-state index contributed by atoms with van der Waals surface area (Å²) in [5, 5.41) is 3.24. The molecule has 68 valence electrons. The first-order chi connectivity index (χ1) is 5.79. The molecule has 0 saturated carbocycles. The number of hydrogen-bond donors (Lipinski definition) is 1. The van der Waals surface area contributed by atoms with Gasteiger partial charge in [0.1, 0.15) is 0 Å². The Hall–Kier alpha value is -0.570. The van der Waals surface area contributed by atoms with Crippen molar-refractivity contribution in [3.63, 3.8) is 0 Å². The summed E-state index contributed by atoms with van der Waals surface area (Å²) in [7, 11) is 0. The van der Waals surface area contributed by atoms with Gasteiger partial charge in [-0.1, -0.05) is 0 Å². The average Bonchev–Trinajstić information content (AvgIpc) is 2.12. The summed E-state index contributed by atoms with van der Waals surface area (Å²) in [5.74, 6) is 0.297. The number of amides is 1. The van der Waals surface area contributed by atoms with Gasteiger partial charge in [0.05, 0.1) is 6.04 Å². The predicted octanol–water partition coefficient (Wildman–Crippen LogP) is 0.359. The van der Waals surface area contributed by atoms with Crippen molar-refractivity contribution in [2.75, 3.05) is 13.1 Å². The highest BCUT2D eigenvalue weighted by Gasteiger charge is 2.33. The van der Waals surface area contributed by atoms with Crippen LogP contribution in [0.3, 0.4) is 0 Å². The normalized spacial score (nSPS) is 36.4. The topological polar surface area (TPSA) is 32.3 Å². The monoisotopic (exact) mass is 168 g/mol. The number of rotatable bonds is 0. The Morgan fingerprint density at radius 3 is 3.17 bits per heavy atom. The molecule has 2 aliphatic rings. The van der Waals surface area contributed by atoms with Crippen molar-refractivity contribution < 1.29 is 4.79 Å². The third-order valence-electron chi connectivity index (χ3n) is 2.94. The van der Waals surface area contributed by atoms with E-state index < -0.39 is 0 Å². The zero-order valence-electron chi connectivity index (χ0n) is 7.55. The second-order valence-corrected chi connectivity index (χ2v) is 3.81. The predicted molar refractivity (Wildman–Crippen MR) is 46.8 cm³/mol. The van der Waals surface area contributed by atoms with E-state index in [0.29, 0.717) is 11.9 Å². The van der Waals surface area contributed by atoms with Crippen LogP contribution in [0.2, 0.25) is 0 Å². The van der Waals surface area contributed by atoms with E-state index in [0.717, 1.165) is 13.1 Å². The minimum Gasteiger partial charge on any atom is -0.337 e. The Kier molecular flexibility index (Phi) is 2.05. The number of carbonyl (C=O) groups excluding carboxylic acids is 1. The summed E-state index contributed by atoms with van der Waals surface area (Å²) in [6.07, 6.45) is 3.66. The van der Waals surface area contributed by atoms with Gasteiger partial charge >= 0.3 is 0 Å². The number of carbonyl (C=O) groups is 1. The minimum absolute atomic E-state index is 0.0411. The summed E-state index contributed by atoms with van der Waals surface area (Å²) in [4.78, 5) is 13.7. The molecule has 2 unspecified atom stereocenters. The lowest BCUT2D eigenvalue weighted by Crippen LogP contribution is -2.60. The van der Waals surface area contributed by atoms with Crippen LogP contribution in [0, 0.1) is 0 Å². The zero-order valence-corrected chi connectivity index (χ0v) is 7.55. The van der Waals surface area contributed by atoms with Crippen LogP contribution in [0.1, 0.15) is 26.2 Å². The molecule has 2 heterocycles. The van der Waals surface area contributed by atoms with Gasteiger partial charge in [0.15, 0.2) is 0 Å². The maximum atomic E-state index is 11.6. The first-order valence-corrected chi connectivity index (χ1v) is 4.83. The molecule has 0 bridgehead atoms. The first-order valence-electron chi connectivity index (χ1n) is 4.83. The van der Waals surface area contributed by atoms with Crippen LogP contribution in [0.15, 0.2) is 0 Å². The van der Waals surface area contributed by atoms with E-state index in [4.69, 9.17) is 0 Å². The molecule has 2 saturated heterocycles. The van der Waals surface area contributed by atoms with Gasteiger partial charge in [0.2, 0.25) is 5.91 Å². The van der Waals surface area contributed by atoms with Crippen molar-refractivity contribution in [2.45, 2.75) is 38.3 Å². The van der Waals surface area contributed by atoms with Crippen LogP contribution in [0.25, 0.3) is 0 Å². The molecule has 1 N–H and O–H groups in total. The Morgan fingerprint density at radius 1 is 1.50 bits per heavy atom. The molecule has 1 amide bonds. The van der Waals surface area contributed by atoms with Crippen molar-refractivity contribution >= 4 is 5.91 Å². The van der Waals surface area contributed by atoms with Gasteiger partial charge in [-0.25, -0.2) is 0 Å². The highest BCUT2D eigenvalue weighted by Crippen LogP contribution is 2.20. The van der Waals surface area contributed by atoms with E-state index in [9.17, 15) is 4.79 Å². The number of fused-ring (bicyclic) bond motifs is 1. The summed E-state index contributed by atoms with van der Waals surface area (Å²) in [6.45, 7) is 3.93. The van der Waals surface area contributed by atoms with Gasteiger partial charge in [-0.05, 0) is 26.2 Å². The number of nitrogens with zero attached hydrogens (tertiary/aromatic N) is 1. The lowest BCUT2D eigenvalue weighted by molar-refractivity contribution is -0.139. The molecule has 12 heavy (non-hydrogen) atoms. The zero-order chi connectivity index (χ0) is 8.55. The smallest absolute Gasteiger partial charge is 0.239 e. The third kappa shape index (κ3) is 1.22. The van der Waals surface area contributed by atoms with Crippen LogP contribution in [0.5, 0.6) is 0 Å². The average molecular weight is 168 g/mol. The number of piperazine rings is 1. The second-order valence-electron chi connectivity index (χ2n) is 3.81. The summed E-state index contributed by atoms with van der Waals surface area (Å²) >= 11 is 0. The highest BCUT2D eigenvalue weighted by atomic mass is 16.2. The van der Waals surface area contributed by atoms with Gasteiger partial charge in [-0.15, -0.1) is 0 Å². The van der Waals surface area contributed by atoms with E-state index in [2.05, 4.69) is 10.2 Å². The van der Waals surface area contributed by atoms with Crippen LogP contribution in [0.4, 0.5) is 0 Å². The van der Waals surface area contributed by atoms with Gasteiger partial charge in [0, 0.05) is 19.1 Å². The summed E-state index contributed by atoms with van der Waals surface area (Å²) in [6, 6.07) is 0.529. The van der Waals surface area contributed by atoms with E-state index in [-0.39, 0.29) is 6.04 Å². The van der Waals surface area contributed by atoms with Crippen LogP contribution < -0.4 is 5.32 Å². The molecule has 2 atom stereocenters.